The number of H-pyrrole nitrogens is 1. The highest BCUT2D eigenvalue weighted by Crippen LogP contribution is 2.19. The summed E-state index contributed by atoms with van der Waals surface area (Å²) in [6.45, 7) is 7.44. The molecule has 1 saturated heterocycles. The van der Waals surface area contributed by atoms with Gasteiger partial charge in [0.1, 0.15) is 0 Å². The number of thiazole rings is 1. The molecule has 2 aromatic heterocycles. The van der Waals surface area contributed by atoms with Gasteiger partial charge in [-0.2, -0.15) is 5.10 Å². The van der Waals surface area contributed by atoms with Crippen LogP contribution in [0.25, 0.3) is 0 Å². The molecule has 0 bridgehead atoms. The monoisotopic (exact) mass is 333 g/mol. The summed E-state index contributed by atoms with van der Waals surface area (Å²) in [7, 11) is 0. The maximum Gasteiger partial charge on any atom is 0.228 e. The van der Waals surface area contributed by atoms with Crippen molar-refractivity contribution in [3.05, 3.63) is 33.5 Å². The van der Waals surface area contributed by atoms with E-state index in [2.05, 4.69) is 20.5 Å². The molecule has 2 N–H and O–H groups in total. The smallest absolute Gasteiger partial charge is 0.228 e. The quantitative estimate of drug-likeness (QED) is 0.843. The molecule has 3 heterocycles. The highest BCUT2D eigenvalue weighted by atomic mass is 32.1. The summed E-state index contributed by atoms with van der Waals surface area (Å²) in [6, 6.07) is 1.94. The number of rotatable bonds is 6. The lowest BCUT2D eigenvalue weighted by atomic mass is 10.1. The van der Waals surface area contributed by atoms with Crippen molar-refractivity contribution >= 4 is 17.2 Å². The minimum absolute atomic E-state index is 0.135. The van der Waals surface area contributed by atoms with Gasteiger partial charge in [-0.1, -0.05) is 0 Å². The number of aryl methyl sites for hydroxylation is 2. The van der Waals surface area contributed by atoms with Crippen molar-refractivity contribution < 1.29 is 4.79 Å². The molecule has 124 valence electrons. The molecule has 7 heteroatoms. The van der Waals surface area contributed by atoms with Crippen molar-refractivity contribution in [1.29, 1.82) is 0 Å². The largest absolute Gasteiger partial charge is 0.337 e. The van der Waals surface area contributed by atoms with Gasteiger partial charge in [0.05, 0.1) is 29.9 Å². The third-order valence-corrected chi connectivity index (χ3v) is 5.18. The number of amides is 1. The maximum absolute atomic E-state index is 12.8. The molecule has 1 aliphatic heterocycles. The first-order valence-corrected chi connectivity index (χ1v) is 8.88. The van der Waals surface area contributed by atoms with Gasteiger partial charge in [0.25, 0.3) is 0 Å². The number of aromatic nitrogens is 3. The highest BCUT2D eigenvalue weighted by molar-refractivity contribution is 7.09. The Morgan fingerprint density at radius 1 is 1.48 bits per heavy atom. The average molecular weight is 333 g/mol. The first kappa shape index (κ1) is 16.1. The molecule has 6 nitrogen and oxygen atoms in total. The molecule has 0 spiro atoms. The van der Waals surface area contributed by atoms with Crippen molar-refractivity contribution in [3.63, 3.8) is 0 Å². The number of carbonyl (C=O) groups excluding carboxylic acids is 1. The van der Waals surface area contributed by atoms with E-state index in [4.69, 9.17) is 0 Å². The van der Waals surface area contributed by atoms with E-state index in [0.717, 1.165) is 43.1 Å². The Balaban J connectivity index is 1.70. The molecular weight excluding hydrogens is 310 g/mol. The second-order valence-corrected chi connectivity index (χ2v) is 7.15. The lowest BCUT2D eigenvalue weighted by Gasteiger charge is -2.25. The minimum atomic E-state index is 0.135. The van der Waals surface area contributed by atoms with Gasteiger partial charge in [-0.05, 0) is 45.3 Å². The van der Waals surface area contributed by atoms with Crippen LogP contribution in [0.4, 0.5) is 0 Å². The predicted molar refractivity (Wildman–Crippen MR) is 90.3 cm³/mol. The van der Waals surface area contributed by atoms with Crippen LogP contribution in [0.15, 0.2) is 11.6 Å². The predicted octanol–water partition coefficient (Wildman–Crippen LogP) is 1.66. The Hall–Kier alpha value is -1.73. The Morgan fingerprint density at radius 3 is 2.96 bits per heavy atom. The third-order valence-electron chi connectivity index (χ3n) is 4.26. The zero-order valence-corrected chi connectivity index (χ0v) is 14.4. The fourth-order valence-corrected chi connectivity index (χ4v) is 3.71. The molecule has 0 aromatic carbocycles. The van der Waals surface area contributed by atoms with E-state index in [1.54, 1.807) is 11.3 Å². The minimum Gasteiger partial charge on any atom is -0.337 e. The van der Waals surface area contributed by atoms with Crippen LogP contribution < -0.4 is 5.32 Å². The van der Waals surface area contributed by atoms with Crippen LogP contribution in [0.1, 0.15) is 28.4 Å². The first-order valence-electron chi connectivity index (χ1n) is 8.00. The normalized spacial score (nSPS) is 17.6. The summed E-state index contributed by atoms with van der Waals surface area (Å²) in [5, 5.41) is 10.5. The lowest BCUT2D eigenvalue weighted by molar-refractivity contribution is -0.131. The molecule has 1 atom stereocenters. The Labute approximate surface area is 140 Å². The standard InChI is InChI=1S/C16H23N5OS/c1-11-5-14(20-19-11)6-16(22)21(8-13-3-4-17-7-13)9-15-12(2)18-10-23-15/h5,10,13,17H,3-4,6-9H2,1-2H3,(H,19,20)/t13-/m0/s1. The van der Waals surface area contributed by atoms with Crippen LogP contribution in [-0.2, 0) is 17.8 Å². The van der Waals surface area contributed by atoms with Crippen molar-refractivity contribution in [2.45, 2.75) is 33.2 Å². The fraction of sp³-hybridized carbons (Fsp3) is 0.562. The second-order valence-electron chi connectivity index (χ2n) is 6.21. The number of hydrogen-bond acceptors (Lipinski definition) is 5. The van der Waals surface area contributed by atoms with Gasteiger partial charge in [-0.3, -0.25) is 9.89 Å². The van der Waals surface area contributed by atoms with Crippen molar-refractivity contribution in [2.24, 2.45) is 5.92 Å². The van der Waals surface area contributed by atoms with Crippen molar-refractivity contribution in [2.75, 3.05) is 19.6 Å². The SMILES string of the molecule is Cc1cc(CC(=O)N(Cc2scnc2C)C[C@H]2CCNC2)n[nH]1. The topological polar surface area (TPSA) is 73.9 Å². The highest BCUT2D eigenvalue weighted by Gasteiger charge is 2.23. The summed E-state index contributed by atoms with van der Waals surface area (Å²) >= 11 is 1.62. The molecule has 0 saturated carbocycles. The Kier molecular flexibility index (Phi) is 5.07. The number of carbonyl (C=O) groups is 1. The van der Waals surface area contributed by atoms with E-state index in [1.165, 1.54) is 4.88 Å². The zero-order valence-electron chi connectivity index (χ0n) is 13.6. The molecule has 3 rings (SSSR count). The van der Waals surface area contributed by atoms with E-state index < -0.39 is 0 Å². The van der Waals surface area contributed by atoms with E-state index in [-0.39, 0.29) is 5.91 Å². The molecular formula is C16H23N5OS. The van der Waals surface area contributed by atoms with Gasteiger partial charge in [-0.25, -0.2) is 4.98 Å². The Morgan fingerprint density at radius 2 is 2.35 bits per heavy atom. The van der Waals surface area contributed by atoms with Crippen LogP contribution in [0.2, 0.25) is 0 Å². The van der Waals surface area contributed by atoms with Crippen LogP contribution >= 0.6 is 11.3 Å². The third kappa shape index (κ3) is 4.17. The number of nitrogens with one attached hydrogen (secondary N) is 2. The van der Waals surface area contributed by atoms with Crippen LogP contribution in [0.5, 0.6) is 0 Å². The van der Waals surface area contributed by atoms with Gasteiger partial charge in [0.2, 0.25) is 5.91 Å². The summed E-state index contributed by atoms with van der Waals surface area (Å²) < 4.78 is 0. The molecule has 1 amide bonds. The van der Waals surface area contributed by atoms with Gasteiger partial charge < -0.3 is 10.2 Å². The number of nitrogens with zero attached hydrogens (tertiary/aromatic N) is 3. The summed E-state index contributed by atoms with van der Waals surface area (Å²) in [5.41, 5.74) is 4.66. The fourth-order valence-electron chi connectivity index (χ4n) is 2.92. The maximum atomic E-state index is 12.8. The van der Waals surface area contributed by atoms with Gasteiger partial charge in [0, 0.05) is 17.1 Å². The van der Waals surface area contributed by atoms with Crippen LogP contribution in [0.3, 0.4) is 0 Å². The van der Waals surface area contributed by atoms with Crippen LogP contribution in [0, 0.1) is 19.8 Å². The van der Waals surface area contributed by atoms with E-state index in [1.807, 2.05) is 30.3 Å². The Bertz CT molecular complexity index is 659. The summed E-state index contributed by atoms with van der Waals surface area (Å²) in [5.74, 6) is 0.671. The zero-order chi connectivity index (χ0) is 16.2. The lowest BCUT2D eigenvalue weighted by Crippen LogP contribution is -2.36. The average Bonchev–Trinajstić information content (AvgIpc) is 3.23. The van der Waals surface area contributed by atoms with Gasteiger partial charge >= 0.3 is 0 Å². The molecule has 0 radical (unpaired) electrons. The van der Waals surface area contributed by atoms with Gasteiger partial charge in [-0.15, -0.1) is 11.3 Å². The molecule has 23 heavy (non-hydrogen) atoms. The van der Waals surface area contributed by atoms with E-state index in [9.17, 15) is 4.79 Å². The van der Waals surface area contributed by atoms with Crippen LogP contribution in [-0.4, -0.2) is 45.6 Å². The molecule has 1 fully saturated rings. The second kappa shape index (κ2) is 7.23. The molecule has 0 aliphatic carbocycles. The van der Waals surface area contributed by atoms with E-state index >= 15 is 0 Å². The molecule has 1 aliphatic rings. The van der Waals surface area contributed by atoms with Crippen molar-refractivity contribution in [1.82, 2.24) is 25.4 Å². The first-order chi connectivity index (χ1) is 11.1. The number of aromatic amines is 1. The van der Waals surface area contributed by atoms with E-state index in [0.29, 0.717) is 18.9 Å². The number of hydrogen-bond donors (Lipinski definition) is 2. The summed E-state index contributed by atoms with van der Waals surface area (Å²) in [6.07, 6.45) is 1.48. The van der Waals surface area contributed by atoms with Gasteiger partial charge in [0.15, 0.2) is 0 Å². The summed E-state index contributed by atoms with van der Waals surface area (Å²) in [4.78, 5) is 20.2. The van der Waals surface area contributed by atoms with Crippen molar-refractivity contribution in [3.8, 4) is 0 Å². The molecule has 0 unspecified atom stereocenters. The molecule has 2 aromatic rings.